The smallest absolute Gasteiger partial charge is 0.239 e. The third-order valence-electron chi connectivity index (χ3n) is 3.81. The zero-order valence-corrected chi connectivity index (χ0v) is 10.4. The topological polar surface area (TPSA) is 35.6 Å². The third kappa shape index (κ3) is 2.55. The summed E-state index contributed by atoms with van der Waals surface area (Å²) in [5.41, 5.74) is 0. The van der Waals surface area contributed by atoms with Crippen molar-refractivity contribution in [2.75, 3.05) is 33.7 Å². The summed E-state index contributed by atoms with van der Waals surface area (Å²) in [6.45, 7) is 2.84. The second kappa shape index (κ2) is 5.15. The molecule has 0 aromatic rings. The van der Waals surface area contributed by atoms with E-state index in [1.165, 1.54) is 12.8 Å². The van der Waals surface area contributed by atoms with E-state index in [-0.39, 0.29) is 6.04 Å². The zero-order chi connectivity index (χ0) is 11.5. The van der Waals surface area contributed by atoms with Gasteiger partial charge in [-0.25, -0.2) is 0 Å². The van der Waals surface area contributed by atoms with Crippen molar-refractivity contribution in [3.8, 4) is 0 Å². The molecule has 2 heterocycles. The van der Waals surface area contributed by atoms with E-state index in [1.807, 2.05) is 4.90 Å². The highest BCUT2D eigenvalue weighted by molar-refractivity contribution is 5.82. The Hall–Kier alpha value is -0.610. The maximum Gasteiger partial charge on any atom is 0.239 e. The maximum atomic E-state index is 12.2. The number of carbonyl (C=O) groups excluding carboxylic acids is 1. The summed E-state index contributed by atoms with van der Waals surface area (Å²) < 4.78 is 0. The van der Waals surface area contributed by atoms with Crippen molar-refractivity contribution in [2.24, 2.45) is 0 Å². The minimum Gasteiger partial charge on any atom is -0.340 e. The van der Waals surface area contributed by atoms with Crippen molar-refractivity contribution in [1.29, 1.82) is 0 Å². The highest BCUT2D eigenvalue weighted by Gasteiger charge is 2.31. The van der Waals surface area contributed by atoms with Crippen molar-refractivity contribution in [3.05, 3.63) is 0 Å². The lowest BCUT2D eigenvalue weighted by Gasteiger charge is -2.28. The van der Waals surface area contributed by atoms with Gasteiger partial charge in [0.15, 0.2) is 0 Å². The molecule has 1 N–H and O–H groups in total. The molecule has 4 heteroatoms. The van der Waals surface area contributed by atoms with Gasteiger partial charge in [-0.3, -0.25) is 4.79 Å². The van der Waals surface area contributed by atoms with Crippen LogP contribution in [-0.4, -0.2) is 61.5 Å². The molecule has 0 bridgehead atoms. The average molecular weight is 225 g/mol. The van der Waals surface area contributed by atoms with E-state index in [0.717, 1.165) is 32.5 Å². The fourth-order valence-corrected chi connectivity index (χ4v) is 2.65. The molecular weight excluding hydrogens is 202 g/mol. The quantitative estimate of drug-likeness (QED) is 0.734. The van der Waals surface area contributed by atoms with E-state index in [4.69, 9.17) is 0 Å². The Bertz CT molecular complexity index is 249. The molecule has 2 atom stereocenters. The number of rotatable bonds is 2. The molecule has 0 radical (unpaired) electrons. The molecule has 2 aliphatic heterocycles. The van der Waals surface area contributed by atoms with E-state index in [0.29, 0.717) is 11.9 Å². The van der Waals surface area contributed by atoms with Crippen molar-refractivity contribution in [1.82, 2.24) is 15.1 Å². The van der Waals surface area contributed by atoms with Crippen LogP contribution in [0.15, 0.2) is 0 Å². The van der Waals surface area contributed by atoms with E-state index < -0.39 is 0 Å². The number of nitrogens with zero attached hydrogens (tertiary/aromatic N) is 2. The van der Waals surface area contributed by atoms with Crippen LogP contribution in [0.1, 0.15) is 25.7 Å². The largest absolute Gasteiger partial charge is 0.340 e. The molecule has 1 amide bonds. The number of likely N-dealkylation sites (N-methyl/N-ethyl adjacent to an activating group) is 1. The van der Waals surface area contributed by atoms with Crippen LogP contribution < -0.4 is 5.32 Å². The van der Waals surface area contributed by atoms with Gasteiger partial charge < -0.3 is 15.1 Å². The van der Waals surface area contributed by atoms with Crippen LogP contribution in [0, 0.1) is 0 Å². The molecule has 1 unspecified atom stereocenters. The lowest BCUT2D eigenvalue weighted by atomic mass is 10.0. The van der Waals surface area contributed by atoms with Gasteiger partial charge in [0.1, 0.15) is 0 Å². The first-order chi connectivity index (χ1) is 7.68. The second-order valence-corrected chi connectivity index (χ2v) is 5.19. The van der Waals surface area contributed by atoms with Gasteiger partial charge in [-0.05, 0) is 39.9 Å². The van der Waals surface area contributed by atoms with Crippen molar-refractivity contribution < 1.29 is 4.79 Å². The summed E-state index contributed by atoms with van der Waals surface area (Å²) in [5, 5.41) is 3.33. The molecule has 0 saturated carbocycles. The summed E-state index contributed by atoms with van der Waals surface area (Å²) >= 11 is 0. The van der Waals surface area contributed by atoms with Crippen LogP contribution in [-0.2, 0) is 4.79 Å². The summed E-state index contributed by atoms with van der Waals surface area (Å²) in [5.74, 6) is 0.323. The Labute approximate surface area is 98.0 Å². The fourth-order valence-electron chi connectivity index (χ4n) is 2.65. The lowest BCUT2D eigenvalue weighted by molar-refractivity contribution is -0.133. The Morgan fingerprint density at radius 2 is 2.12 bits per heavy atom. The number of piperidine rings is 1. The van der Waals surface area contributed by atoms with Crippen LogP contribution in [0.5, 0.6) is 0 Å². The van der Waals surface area contributed by atoms with Crippen molar-refractivity contribution >= 4 is 5.91 Å². The molecule has 2 fully saturated rings. The zero-order valence-electron chi connectivity index (χ0n) is 10.4. The Morgan fingerprint density at radius 1 is 1.31 bits per heavy atom. The standard InChI is InChI=1S/C12H23N3O/c1-14(2)10-6-8-15(9-10)12(16)11-5-3-4-7-13-11/h10-11,13H,3-9H2,1-2H3/t10?,11-/m0/s1. The Kier molecular flexibility index (Phi) is 3.82. The van der Waals surface area contributed by atoms with Gasteiger partial charge in [0.05, 0.1) is 6.04 Å². The minimum absolute atomic E-state index is 0.0923. The molecule has 0 aromatic heterocycles. The number of nitrogens with one attached hydrogen (secondary N) is 1. The second-order valence-electron chi connectivity index (χ2n) is 5.19. The molecule has 16 heavy (non-hydrogen) atoms. The predicted molar refractivity (Wildman–Crippen MR) is 64.3 cm³/mol. The lowest BCUT2D eigenvalue weighted by Crippen LogP contribution is -2.48. The number of hydrogen-bond acceptors (Lipinski definition) is 3. The monoisotopic (exact) mass is 225 g/mol. The van der Waals surface area contributed by atoms with Crippen molar-refractivity contribution in [3.63, 3.8) is 0 Å². The third-order valence-corrected chi connectivity index (χ3v) is 3.81. The average Bonchev–Trinajstić information content (AvgIpc) is 2.78. The van der Waals surface area contributed by atoms with Crippen molar-refractivity contribution in [2.45, 2.75) is 37.8 Å². The molecule has 0 aromatic carbocycles. The molecule has 92 valence electrons. The van der Waals surface area contributed by atoms with Crippen LogP contribution in [0.2, 0.25) is 0 Å². The summed E-state index contributed by atoms with van der Waals surface area (Å²) in [4.78, 5) is 16.5. The highest BCUT2D eigenvalue weighted by atomic mass is 16.2. The van der Waals surface area contributed by atoms with Gasteiger partial charge in [-0.1, -0.05) is 6.42 Å². The SMILES string of the molecule is CN(C)C1CCN(C(=O)[C@@H]2CCCCN2)C1. The van der Waals surface area contributed by atoms with Crippen LogP contribution in [0.3, 0.4) is 0 Å². The fraction of sp³-hybridized carbons (Fsp3) is 0.917. The summed E-state index contributed by atoms with van der Waals surface area (Å²) in [7, 11) is 4.19. The van der Waals surface area contributed by atoms with Gasteiger partial charge in [-0.15, -0.1) is 0 Å². The minimum atomic E-state index is 0.0923. The van der Waals surface area contributed by atoms with Gasteiger partial charge >= 0.3 is 0 Å². The Balaban J connectivity index is 1.86. The molecule has 0 aliphatic carbocycles. The molecule has 4 nitrogen and oxygen atoms in total. The van der Waals surface area contributed by atoms with E-state index in [9.17, 15) is 4.79 Å². The number of likely N-dealkylation sites (tertiary alicyclic amines) is 1. The molecule has 0 spiro atoms. The first-order valence-corrected chi connectivity index (χ1v) is 6.37. The van der Waals surface area contributed by atoms with E-state index >= 15 is 0 Å². The van der Waals surface area contributed by atoms with Gasteiger partial charge in [0.2, 0.25) is 5.91 Å². The summed E-state index contributed by atoms with van der Waals surface area (Å²) in [6.07, 6.45) is 4.53. The van der Waals surface area contributed by atoms with E-state index in [1.54, 1.807) is 0 Å². The van der Waals surface area contributed by atoms with Gasteiger partial charge in [-0.2, -0.15) is 0 Å². The molecule has 2 saturated heterocycles. The van der Waals surface area contributed by atoms with Crippen LogP contribution in [0.25, 0.3) is 0 Å². The maximum absolute atomic E-state index is 12.2. The summed E-state index contributed by atoms with van der Waals surface area (Å²) in [6, 6.07) is 0.641. The number of carbonyl (C=O) groups is 1. The van der Waals surface area contributed by atoms with Crippen LogP contribution in [0.4, 0.5) is 0 Å². The van der Waals surface area contributed by atoms with E-state index in [2.05, 4.69) is 24.3 Å². The van der Waals surface area contributed by atoms with Gasteiger partial charge in [0.25, 0.3) is 0 Å². The normalized spacial score (nSPS) is 31.1. The van der Waals surface area contributed by atoms with Crippen LogP contribution >= 0.6 is 0 Å². The first-order valence-electron chi connectivity index (χ1n) is 6.37. The predicted octanol–water partition coefficient (Wildman–Crippen LogP) is 0.291. The first kappa shape index (κ1) is 11.9. The molecular formula is C12H23N3O. The number of hydrogen-bond donors (Lipinski definition) is 1. The molecule has 2 aliphatic rings. The Morgan fingerprint density at radius 3 is 2.69 bits per heavy atom. The number of amides is 1. The molecule has 2 rings (SSSR count). The van der Waals surface area contributed by atoms with Gasteiger partial charge in [0, 0.05) is 19.1 Å². The highest BCUT2D eigenvalue weighted by Crippen LogP contribution is 2.17.